The maximum atomic E-state index is 13.6. The van der Waals surface area contributed by atoms with Gasteiger partial charge in [0, 0.05) is 11.3 Å². The fourth-order valence-corrected chi connectivity index (χ4v) is 4.05. The minimum absolute atomic E-state index is 0.0154. The van der Waals surface area contributed by atoms with Crippen LogP contribution < -0.4 is 25.8 Å². The average Bonchev–Trinajstić information content (AvgIpc) is 2.96. The summed E-state index contributed by atoms with van der Waals surface area (Å²) < 4.78 is 11.6. The number of nitrogens with two attached hydrogens (primary N) is 1. The van der Waals surface area contributed by atoms with Crippen molar-refractivity contribution >= 4 is 17.4 Å². The first-order valence-electron chi connectivity index (χ1n) is 12.4. The van der Waals surface area contributed by atoms with Gasteiger partial charge >= 0.3 is 0 Å². The van der Waals surface area contributed by atoms with E-state index in [-0.39, 0.29) is 17.8 Å². The molecule has 0 aromatic heterocycles. The largest absolute Gasteiger partial charge is 0.493 e. The third-order valence-corrected chi connectivity index (χ3v) is 6.19. The molecule has 2 unspecified atom stereocenters. The van der Waals surface area contributed by atoms with Crippen LogP contribution in [0.15, 0.2) is 103 Å². The Labute approximate surface area is 223 Å². The second kappa shape index (κ2) is 12.5. The van der Waals surface area contributed by atoms with Gasteiger partial charge in [0.1, 0.15) is 18.5 Å². The van der Waals surface area contributed by atoms with E-state index in [0.29, 0.717) is 34.9 Å². The van der Waals surface area contributed by atoms with E-state index in [9.17, 15) is 4.79 Å². The number of anilines is 1. The summed E-state index contributed by atoms with van der Waals surface area (Å²) in [4.78, 5) is 13.6. The number of carbonyl (C=O) groups excluding carboxylic acids is 1. The summed E-state index contributed by atoms with van der Waals surface area (Å²) in [5.41, 5.74) is 9.68. The van der Waals surface area contributed by atoms with Gasteiger partial charge in [-0.05, 0) is 60.0 Å². The molecule has 4 aromatic rings. The normalized spacial score (nSPS) is 12.2. The summed E-state index contributed by atoms with van der Waals surface area (Å²) in [5.74, 6) is 0.902. The topological polar surface area (TPSA) is 109 Å². The number of hydrogen-bond acceptors (Lipinski definition) is 5. The Morgan fingerprint density at radius 1 is 0.868 bits per heavy atom. The molecule has 0 fully saturated rings. The first-order chi connectivity index (χ1) is 18.4. The van der Waals surface area contributed by atoms with Gasteiger partial charge in [-0.2, -0.15) is 0 Å². The van der Waals surface area contributed by atoms with E-state index in [4.69, 9.17) is 20.6 Å². The van der Waals surface area contributed by atoms with E-state index in [1.807, 2.05) is 85.8 Å². The molecule has 0 saturated heterocycles. The van der Waals surface area contributed by atoms with Gasteiger partial charge in [0.2, 0.25) is 5.91 Å². The number of methoxy groups -OCH3 is 1. The molecule has 1 amide bonds. The van der Waals surface area contributed by atoms with Crippen LogP contribution in [0.1, 0.15) is 41.3 Å². The van der Waals surface area contributed by atoms with Crippen molar-refractivity contribution < 1.29 is 14.3 Å². The van der Waals surface area contributed by atoms with Crippen molar-refractivity contribution in [2.75, 3.05) is 12.4 Å². The van der Waals surface area contributed by atoms with E-state index >= 15 is 0 Å². The Bertz CT molecular complexity index is 1360. The van der Waals surface area contributed by atoms with Crippen LogP contribution in [0.5, 0.6) is 11.5 Å². The minimum atomic E-state index is -0.721. The Morgan fingerprint density at radius 2 is 1.53 bits per heavy atom. The molecule has 0 aliphatic heterocycles. The molecule has 4 rings (SSSR count). The zero-order chi connectivity index (χ0) is 26.9. The lowest BCUT2D eigenvalue weighted by Gasteiger charge is -2.24. The first kappa shape index (κ1) is 26.3. The number of hydrogen-bond donors (Lipinski definition) is 4. The molecule has 0 heterocycles. The molecule has 7 nitrogen and oxygen atoms in total. The average molecular weight is 509 g/mol. The molecule has 5 N–H and O–H groups in total. The van der Waals surface area contributed by atoms with Crippen LogP contribution in [0.3, 0.4) is 0 Å². The first-order valence-corrected chi connectivity index (χ1v) is 12.4. The summed E-state index contributed by atoms with van der Waals surface area (Å²) >= 11 is 0. The lowest BCUT2D eigenvalue weighted by Crippen LogP contribution is -2.35. The number of amides is 1. The van der Waals surface area contributed by atoms with Crippen molar-refractivity contribution in [3.63, 3.8) is 0 Å². The third-order valence-electron chi connectivity index (χ3n) is 6.19. The van der Waals surface area contributed by atoms with Gasteiger partial charge in [0.25, 0.3) is 0 Å². The molecule has 38 heavy (non-hydrogen) atoms. The standard InChI is InChI=1S/C31H32N4O3/c1-21(23-11-7-4-8-12-23)34-31(36)29(35-26-16-13-24(14-17-26)30(32)33)25-15-18-27(28(19-25)37-2)38-20-22-9-5-3-6-10-22/h3-19,21,29,35H,20H2,1-2H3,(H3,32,33)(H,34,36). The summed E-state index contributed by atoms with van der Waals surface area (Å²) in [6, 6.07) is 31.4. The highest BCUT2D eigenvalue weighted by molar-refractivity contribution is 5.95. The Morgan fingerprint density at radius 3 is 2.16 bits per heavy atom. The molecule has 0 bridgehead atoms. The monoisotopic (exact) mass is 508 g/mol. The van der Waals surface area contributed by atoms with Crippen LogP contribution in [0.25, 0.3) is 0 Å². The highest BCUT2D eigenvalue weighted by atomic mass is 16.5. The minimum Gasteiger partial charge on any atom is -0.493 e. The Kier molecular flexibility index (Phi) is 8.61. The molecule has 2 atom stereocenters. The Hall–Kier alpha value is -4.78. The molecular formula is C31H32N4O3. The lowest BCUT2D eigenvalue weighted by molar-refractivity contribution is -0.122. The van der Waals surface area contributed by atoms with Crippen molar-refractivity contribution in [3.05, 3.63) is 125 Å². The molecule has 194 valence electrons. The predicted molar refractivity (Wildman–Crippen MR) is 151 cm³/mol. The lowest BCUT2D eigenvalue weighted by atomic mass is 10.0. The zero-order valence-corrected chi connectivity index (χ0v) is 21.5. The van der Waals surface area contributed by atoms with Crippen molar-refractivity contribution in [3.8, 4) is 11.5 Å². The van der Waals surface area contributed by atoms with Crippen LogP contribution in [0, 0.1) is 5.41 Å². The van der Waals surface area contributed by atoms with E-state index in [2.05, 4.69) is 10.6 Å². The van der Waals surface area contributed by atoms with Crippen molar-refractivity contribution in [1.29, 1.82) is 5.41 Å². The SMILES string of the molecule is COc1cc(C(Nc2ccc(C(=N)N)cc2)C(=O)NC(C)c2ccccc2)ccc1OCc1ccccc1. The molecular weight excluding hydrogens is 476 g/mol. The zero-order valence-electron chi connectivity index (χ0n) is 21.5. The summed E-state index contributed by atoms with van der Waals surface area (Å²) in [6.45, 7) is 2.35. The second-order valence-electron chi connectivity index (χ2n) is 8.89. The smallest absolute Gasteiger partial charge is 0.247 e. The number of carbonyl (C=O) groups is 1. The van der Waals surface area contributed by atoms with Crippen LogP contribution in [-0.2, 0) is 11.4 Å². The van der Waals surface area contributed by atoms with Crippen molar-refractivity contribution in [2.24, 2.45) is 5.73 Å². The van der Waals surface area contributed by atoms with Crippen LogP contribution >= 0.6 is 0 Å². The number of ether oxygens (including phenoxy) is 2. The van der Waals surface area contributed by atoms with E-state index in [1.54, 1.807) is 31.4 Å². The van der Waals surface area contributed by atoms with Gasteiger partial charge in [-0.1, -0.05) is 66.7 Å². The maximum Gasteiger partial charge on any atom is 0.247 e. The van der Waals surface area contributed by atoms with Gasteiger partial charge < -0.3 is 25.8 Å². The highest BCUT2D eigenvalue weighted by Crippen LogP contribution is 2.33. The van der Waals surface area contributed by atoms with Crippen LogP contribution in [-0.4, -0.2) is 18.9 Å². The number of rotatable bonds is 11. The van der Waals surface area contributed by atoms with Gasteiger partial charge in [-0.3, -0.25) is 10.2 Å². The van der Waals surface area contributed by atoms with Gasteiger partial charge in [0.05, 0.1) is 13.2 Å². The number of nitrogen functional groups attached to an aromatic ring is 1. The number of nitrogens with one attached hydrogen (secondary N) is 3. The summed E-state index contributed by atoms with van der Waals surface area (Å²) in [7, 11) is 1.58. The summed E-state index contributed by atoms with van der Waals surface area (Å²) in [6.07, 6.45) is 0. The highest BCUT2D eigenvalue weighted by Gasteiger charge is 2.24. The molecule has 0 aliphatic carbocycles. The molecule has 0 radical (unpaired) electrons. The maximum absolute atomic E-state index is 13.6. The fourth-order valence-electron chi connectivity index (χ4n) is 4.05. The number of amidine groups is 1. The van der Waals surface area contributed by atoms with E-state index in [1.165, 1.54) is 0 Å². The van der Waals surface area contributed by atoms with E-state index in [0.717, 1.165) is 11.1 Å². The van der Waals surface area contributed by atoms with Gasteiger partial charge in [-0.25, -0.2) is 0 Å². The third kappa shape index (κ3) is 6.70. The Balaban J connectivity index is 1.60. The molecule has 0 spiro atoms. The fraction of sp³-hybridized carbons (Fsp3) is 0.161. The predicted octanol–water partition coefficient (Wildman–Crippen LogP) is 5.59. The molecule has 0 saturated carbocycles. The van der Waals surface area contributed by atoms with Crippen LogP contribution in [0.2, 0.25) is 0 Å². The second-order valence-corrected chi connectivity index (χ2v) is 8.89. The summed E-state index contributed by atoms with van der Waals surface area (Å²) in [5, 5.41) is 14.1. The van der Waals surface area contributed by atoms with E-state index < -0.39 is 6.04 Å². The van der Waals surface area contributed by atoms with Crippen molar-refractivity contribution in [2.45, 2.75) is 25.6 Å². The van der Waals surface area contributed by atoms with Gasteiger partial charge in [-0.15, -0.1) is 0 Å². The molecule has 0 aliphatic rings. The quantitative estimate of drug-likeness (QED) is 0.156. The van der Waals surface area contributed by atoms with Gasteiger partial charge in [0.15, 0.2) is 11.5 Å². The van der Waals surface area contributed by atoms with Crippen LogP contribution in [0.4, 0.5) is 5.69 Å². The molecule has 7 heteroatoms. The molecule has 4 aromatic carbocycles. The van der Waals surface area contributed by atoms with Crippen molar-refractivity contribution in [1.82, 2.24) is 5.32 Å². The number of benzene rings is 4.